The summed E-state index contributed by atoms with van der Waals surface area (Å²) in [6, 6.07) is 7.65. The van der Waals surface area contributed by atoms with E-state index in [0.29, 0.717) is 29.1 Å². The van der Waals surface area contributed by atoms with Crippen molar-refractivity contribution in [3.8, 4) is 5.69 Å². The molecule has 136 valence electrons. The molecule has 2 N–H and O–H groups in total. The van der Waals surface area contributed by atoms with Gasteiger partial charge in [-0.05, 0) is 44.3 Å². The molecule has 3 rings (SSSR count). The lowest BCUT2D eigenvalue weighted by Crippen LogP contribution is -2.27. The van der Waals surface area contributed by atoms with Crippen molar-refractivity contribution >= 4 is 34.1 Å². The van der Waals surface area contributed by atoms with Gasteiger partial charge in [0.1, 0.15) is 5.82 Å². The number of nitrogens with one attached hydrogen (secondary N) is 2. The van der Waals surface area contributed by atoms with Gasteiger partial charge in [0, 0.05) is 24.0 Å². The fourth-order valence-electron chi connectivity index (χ4n) is 2.63. The van der Waals surface area contributed by atoms with Crippen LogP contribution in [0.5, 0.6) is 0 Å². The van der Waals surface area contributed by atoms with E-state index in [1.165, 1.54) is 0 Å². The van der Waals surface area contributed by atoms with Crippen LogP contribution >= 0.6 is 28.1 Å². The lowest BCUT2D eigenvalue weighted by atomic mass is 10.3. The smallest absolute Gasteiger partial charge is 0.273 e. The monoisotopic (exact) mass is 435 g/mol. The van der Waals surface area contributed by atoms with Crippen molar-refractivity contribution in [2.24, 2.45) is 0 Å². The van der Waals surface area contributed by atoms with Gasteiger partial charge in [-0.3, -0.25) is 9.89 Å². The van der Waals surface area contributed by atoms with Gasteiger partial charge in [-0.15, -0.1) is 5.10 Å². The van der Waals surface area contributed by atoms with Crippen molar-refractivity contribution in [3.05, 3.63) is 50.7 Å². The minimum absolute atomic E-state index is 0.263. The minimum Gasteiger partial charge on any atom is -0.350 e. The Morgan fingerprint density at radius 2 is 2.23 bits per heavy atom. The predicted octanol–water partition coefficient (Wildman–Crippen LogP) is 2.58. The van der Waals surface area contributed by atoms with Gasteiger partial charge in [0.05, 0.1) is 11.4 Å². The van der Waals surface area contributed by atoms with Crippen LogP contribution in [0, 0.1) is 11.7 Å². The Morgan fingerprint density at radius 3 is 2.96 bits per heavy atom. The Kier molecular flexibility index (Phi) is 5.62. The molecule has 2 heterocycles. The lowest BCUT2D eigenvalue weighted by molar-refractivity contribution is 0.0948. The molecule has 0 aliphatic carbocycles. The highest BCUT2D eigenvalue weighted by atomic mass is 79.9. The van der Waals surface area contributed by atoms with E-state index in [2.05, 4.69) is 41.8 Å². The SMILES string of the molecule is CCn1c(CCNC(=O)c2nnn(-c3cccc(Br)c3)c2C)n[nH]c1=S. The number of halogens is 1. The summed E-state index contributed by atoms with van der Waals surface area (Å²) in [7, 11) is 0. The van der Waals surface area contributed by atoms with Gasteiger partial charge in [-0.1, -0.05) is 27.2 Å². The quantitative estimate of drug-likeness (QED) is 0.580. The van der Waals surface area contributed by atoms with Crippen molar-refractivity contribution < 1.29 is 4.79 Å². The first-order valence-electron chi connectivity index (χ1n) is 8.11. The summed E-state index contributed by atoms with van der Waals surface area (Å²) >= 11 is 8.59. The van der Waals surface area contributed by atoms with E-state index >= 15 is 0 Å². The molecule has 1 aromatic carbocycles. The van der Waals surface area contributed by atoms with Crippen LogP contribution in [0.4, 0.5) is 0 Å². The molecular weight excluding hydrogens is 418 g/mol. The highest BCUT2D eigenvalue weighted by molar-refractivity contribution is 9.10. The zero-order valence-electron chi connectivity index (χ0n) is 14.4. The molecule has 2 aromatic heterocycles. The van der Waals surface area contributed by atoms with Gasteiger partial charge in [0.2, 0.25) is 0 Å². The Morgan fingerprint density at radius 1 is 1.42 bits per heavy atom. The van der Waals surface area contributed by atoms with Crippen molar-refractivity contribution in [2.45, 2.75) is 26.8 Å². The highest BCUT2D eigenvalue weighted by Crippen LogP contribution is 2.17. The second kappa shape index (κ2) is 7.92. The van der Waals surface area contributed by atoms with Gasteiger partial charge in [0.15, 0.2) is 10.5 Å². The molecule has 0 fully saturated rings. The molecule has 0 aliphatic heterocycles. The van der Waals surface area contributed by atoms with Crippen LogP contribution in [0.1, 0.15) is 28.9 Å². The number of hydrogen-bond acceptors (Lipinski definition) is 5. The van der Waals surface area contributed by atoms with E-state index in [1.807, 2.05) is 42.7 Å². The second-order valence-corrected chi connectivity index (χ2v) is 6.91. The first-order valence-corrected chi connectivity index (χ1v) is 9.32. The number of carbonyl (C=O) groups is 1. The van der Waals surface area contributed by atoms with E-state index in [0.717, 1.165) is 22.5 Å². The van der Waals surface area contributed by atoms with Crippen molar-refractivity contribution in [2.75, 3.05) is 6.54 Å². The number of benzene rings is 1. The summed E-state index contributed by atoms with van der Waals surface area (Å²) in [5.41, 5.74) is 1.82. The molecule has 1 amide bonds. The molecule has 3 aromatic rings. The number of aromatic nitrogens is 6. The molecule has 0 saturated heterocycles. The number of amides is 1. The molecule has 26 heavy (non-hydrogen) atoms. The van der Waals surface area contributed by atoms with Crippen LogP contribution in [0.25, 0.3) is 5.69 Å². The largest absolute Gasteiger partial charge is 0.350 e. The number of hydrogen-bond donors (Lipinski definition) is 2. The first-order chi connectivity index (χ1) is 12.5. The second-order valence-electron chi connectivity index (χ2n) is 5.61. The van der Waals surface area contributed by atoms with E-state index in [1.54, 1.807) is 4.68 Å². The van der Waals surface area contributed by atoms with Gasteiger partial charge in [0.25, 0.3) is 5.91 Å². The predicted molar refractivity (Wildman–Crippen MR) is 103 cm³/mol. The Labute approximate surface area is 163 Å². The summed E-state index contributed by atoms with van der Waals surface area (Å²) in [4.78, 5) is 12.4. The average molecular weight is 436 g/mol. The molecule has 0 radical (unpaired) electrons. The number of nitrogens with zero attached hydrogens (tertiary/aromatic N) is 5. The van der Waals surface area contributed by atoms with Crippen molar-refractivity contribution in [1.29, 1.82) is 0 Å². The molecule has 0 unspecified atom stereocenters. The maximum absolute atomic E-state index is 12.4. The summed E-state index contributed by atoms with van der Waals surface area (Å²) in [5.74, 6) is 0.549. The molecule has 0 bridgehead atoms. The van der Waals surface area contributed by atoms with Crippen LogP contribution in [-0.4, -0.2) is 42.2 Å². The maximum Gasteiger partial charge on any atom is 0.273 e. The number of carbonyl (C=O) groups excluding carboxylic acids is 1. The Balaban J connectivity index is 1.68. The van der Waals surface area contributed by atoms with Crippen LogP contribution in [0.3, 0.4) is 0 Å². The number of rotatable bonds is 6. The molecule has 10 heteroatoms. The van der Waals surface area contributed by atoms with Gasteiger partial charge in [-0.2, -0.15) is 5.10 Å². The fourth-order valence-corrected chi connectivity index (χ4v) is 3.30. The van der Waals surface area contributed by atoms with E-state index < -0.39 is 0 Å². The number of H-pyrrole nitrogens is 1. The Hall–Kier alpha value is -2.33. The minimum atomic E-state index is -0.263. The van der Waals surface area contributed by atoms with Crippen LogP contribution in [0.2, 0.25) is 0 Å². The van der Waals surface area contributed by atoms with Crippen molar-refractivity contribution in [1.82, 2.24) is 35.1 Å². The highest BCUT2D eigenvalue weighted by Gasteiger charge is 2.17. The normalized spacial score (nSPS) is 10.9. The summed E-state index contributed by atoms with van der Waals surface area (Å²) in [6.45, 7) is 4.98. The third-order valence-corrected chi connectivity index (χ3v) is 4.76. The van der Waals surface area contributed by atoms with Crippen LogP contribution < -0.4 is 5.32 Å². The standard InChI is InChI=1S/C16H18BrN7OS/c1-3-23-13(19-21-16(23)26)7-8-18-15(25)14-10(2)24(22-20-14)12-6-4-5-11(17)9-12/h4-6,9H,3,7-8H2,1-2H3,(H,18,25)(H,21,26). The average Bonchev–Trinajstić information content (AvgIpc) is 3.17. The zero-order chi connectivity index (χ0) is 18.7. The number of aromatic amines is 1. The third kappa shape index (κ3) is 3.75. The van der Waals surface area contributed by atoms with Gasteiger partial charge in [-0.25, -0.2) is 4.68 Å². The van der Waals surface area contributed by atoms with Crippen LogP contribution in [0.15, 0.2) is 28.7 Å². The lowest BCUT2D eigenvalue weighted by Gasteiger charge is -2.06. The zero-order valence-corrected chi connectivity index (χ0v) is 16.8. The summed E-state index contributed by atoms with van der Waals surface area (Å²) < 4.78 is 5.06. The van der Waals surface area contributed by atoms with E-state index in [-0.39, 0.29) is 5.91 Å². The molecule has 0 saturated carbocycles. The fraction of sp³-hybridized carbons (Fsp3) is 0.312. The first kappa shape index (κ1) is 18.5. The van der Waals surface area contributed by atoms with Crippen LogP contribution in [-0.2, 0) is 13.0 Å². The molecule has 8 nitrogen and oxygen atoms in total. The molecule has 0 atom stereocenters. The Bertz CT molecular complexity index is 991. The molecular formula is C16H18BrN7OS. The summed E-state index contributed by atoms with van der Waals surface area (Å²) in [6.07, 6.45) is 0.575. The molecule has 0 aliphatic rings. The van der Waals surface area contributed by atoms with E-state index in [4.69, 9.17) is 12.2 Å². The summed E-state index contributed by atoms with van der Waals surface area (Å²) in [5, 5.41) is 17.9. The topological polar surface area (TPSA) is 93.4 Å². The molecule has 0 spiro atoms. The van der Waals surface area contributed by atoms with Crippen molar-refractivity contribution in [3.63, 3.8) is 0 Å². The third-order valence-electron chi connectivity index (χ3n) is 3.95. The van der Waals surface area contributed by atoms with E-state index in [9.17, 15) is 4.79 Å². The maximum atomic E-state index is 12.4. The van der Waals surface area contributed by atoms with Gasteiger partial charge < -0.3 is 9.88 Å². The van der Waals surface area contributed by atoms with Gasteiger partial charge >= 0.3 is 0 Å².